The number of thiophene rings is 1. The van der Waals surface area contributed by atoms with Gasteiger partial charge in [0.2, 0.25) is 0 Å². The zero-order valence-corrected chi connectivity index (χ0v) is 11.0. The van der Waals surface area contributed by atoms with Gasteiger partial charge < -0.3 is 5.73 Å². The van der Waals surface area contributed by atoms with Gasteiger partial charge in [0.25, 0.3) is 0 Å². The van der Waals surface area contributed by atoms with Gasteiger partial charge in [0.15, 0.2) is 0 Å². The van der Waals surface area contributed by atoms with E-state index in [1.807, 2.05) is 18.3 Å². The zero-order chi connectivity index (χ0) is 10.7. The third-order valence-electron chi connectivity index (χ3n) is 1.82. The van der Waals surface area contributed by atoms with Crippen LogP contribution in [0.3, 0.4) is 0 Å². The van der Waals surface area contributed by atoms with Crippen LogP contribution in [0.25, 0.3) is 0 Å². The minimum atomic E-state index is 0.566. The molecule has 0 aliphatic carbocycles. The molecule has 0 saturated heterocycles. The molecule has 0 amide bonds. The number of nitrogen functional groups attached to an aromatic ring is 1. The molecular formula is C10H9BrN2S2. The summed E-state index contributed by atoms with van der Waals surface area (Å²) in [4.78, 5) is 6.54. The molecule has 0 aromatic carbocycles. The van der Waals surface area contributed by atoms with Gasteiger partial charge >= 0.3 is 0 Å². The molecule has 15 heavy (non-hydrogen) atoms. The number of aromatic nitrogens is 1. The van der Waals surface area contributed by atoms with Crippen molar-refractivity contribution in [3.8, 4) is 0 Å². The lowest BCUT2D eigenvalue weighted by atomic mass is 10.5. The third kappa shape index (κ3) is 2.96. The van der Waals surface area contributed by atoms with Gasteiger partial charge in [-0.3, -0.25) is 0 Å². The molecule has 78 valence electrons. The minimum Gasteiger partial charge on any atom is -0.384 e. The molecule has 0 saturated carbocycles. The van der Waals surface area contributed by atoms with Crippen LogP contribution in [0.5, 0.6) is 0 Å². The van der Waals surface area contributed by atoms with Crippen molar-refractivity contribution < 1.29 is 0 Å². The first kappa shape index (κ1) is 11.0. The van der Waals surface area contributed by atoms with E-state index >= 15 is 0 Å². The summed E-state index contributed by atoms with van der Waals surface area (Å²) >= 11 is 7.04. The molecule has 0 atom stereocenters. The summed E-state index contributed by atoms with van der Waals surface area (Å²) in [6.45, 7) is 0. The fourth-order valence-corrected chi connectivity index (χ4v) is 3.71. The number of nitrogens with two attached hydrogens (primary N) is 1. The average molecular weight is 301 g/mol. The number of anilines is 1. The summed E-state index contributed by atoms with van der Waals surface area (Å²) in [6, 6.07) is 5.89. The highest BCUT2D eigenvalue weighted by Crippen LogP contribution is 2.30. The highest BCUT2D eigenvalue weighted by Gasteiger charge is 2.02. The second kappa shape index (κ2) is 5.01. The second-order valence-electron chi connectivity index (χ2n) is 2.90. The van der Waals surface area contributed by atoms with Crippen LogP contribution in [0.1, 0.15) is 4.88 Å². The molecule has 0 unspecified atom stereocenters. The van der Waals surface area contributed by atoms with Crippen molar-refractivity contribution in [3.63, 3.8) is 0 Å². The predicted octanol–water partition coefficient (Wildman–Crippen LogP) is 3.78. The highest BCUT2D eigenvalue weighted by molar-refractivity contribution is 9.10. The fraction of sp³-hybridized carbons (Fsp3) is 0.100. The summed E-state index contributed by atoms with van der Waals surface area (Å²) in [6.07, 6.45) is 1.81. The Hall–Kier alpha value is -0.520. The molecule has 0 aliphatic heterocycles. The second-order valence-corrected chi connectivity index (χ2v) is 5.80. The number of thioether (sulfide) groups is 1. The first-order valence-corrected chi connectivity index (χ1v) is 6.98. The average Bonchev–Trinajstić information content (AvgIpc) is 2.63. The van der Waals surface area contributed by atoms with E-state index in [2.05, 4.69) is 32.4 Å². The Bertz CT molecular complexity index is 439. The van der Waals surface area contributed by atoms with E-state index < -0.39 is 0 Å². The van der Waals surface area contributed by atoms with E-state index in [-0.39, 0.29) is 0 Å². The molecule has 5 heteroatoms. The van der Waals surface area contributed by atoms with Crippen molar-refractivity contribution in [2.75, 3.05) is 5.73 Å². The predicted molar refractivity (Wildman–Crippen MR) is 70.2 cm³/mol. The van der Waals surface area contributed by atoms with Crippen molar-refractivity contribution >= 4 is 44.8 Å². The molecule has 0 aliphatic rings. The van der Waals surface area contributed by atoms with Crippen LogP contribution >= 0.6 is 39.0 Å². The maximum Gasteiger partial charge on any atom is 0.123 e. The summed E-state index contributed by atoms with van der Waals surface area (Å²) in [5, 5.41) is 2.08. The number of nitrogens with zero attached hydrogens (tertiary/aromatic N) is 1. The third-order valence-corrected chi connectivity index (χ3v) is 4.94. The smallest absolute Gasteiger partial charge is 0.123 e. The van der Waals surface area contributed by atoms with E-state index in [9.17, 15) is 0 Å². The van der Waals surface area contributed by atoms with E-state index in [0.29, 0.717) is 5.82 Å². The van der Waals surface area contributed by atoms with Gasteiger partial charge in [-0.2, -0.15) is 0 Å². The van der Waals surface area contributed by atoms with Crippen LogP contribution in [0.2, 0.25) is 0 Å². The standard InChI is InChI=1S/C10H9BrN2S2/c11-8-3-4-14-9(8)6-15-7-1-2-10(12)13-5-7/h1-5H,6H2,(H2,12,13). The lowest BCUT2D eigenvalue weighted by Gasteiger charge is -2.00. The van der Waals surface area contributed by atoms with E-state index in [4.69, 9.17) is 5.73 Å². The van der Waals surface area contributed by atoms with Gasteiger partial charge in [-0.05, 0) is 39.5 Å². The molecule has 2 heterocycles. The molecule has 2 N–H and O–H groups in total. The molecule has 0 fully saturated rings. The van der Waals surface area contributed by atoms with Crippen LogP contribution in [0.4, 0.5) is 5.82 Å². The lowest BCUT2D eigenvalue weighted by Crippen LogP contribution is -1.88. The van der Waals surface area contributed by atoms with Crippen molar-refractivity contribution in [1.29, 1.82) is 0 Å². The molecule has 2 aromatic heterocycles. The molecule has 0 radical (unpaired) electrons. The quantitative estimate of drug-likeness (QED) is 0.877. The number of hydrogen-bond acceptors (Lipinski definition) is 4. The van der Waals surface area contributed by atoms with E-state index in [1.165, 1.54) is 9.35 Å². The minimum absolute atomic E-state index is 0.566. The van der Waals surface area contributed by atoms with Crippen LogP contribution < -0.4 is 5.73 Å². The largest absolute Gasteiger partial charge is 0.384 e. The Balaban J connectivity index is 1.99. The fourth-order valence-electron chi connectivity index (χ4n) is 1.05. The van der Waals surface area contributed by atoms with Crippen molar-refractivity contribution in [3.05, 3.63) is 39.1 Å². The van der Waals surface area contributed by atoms with E-state index in [1.54, 1.807) is 23.1 Å². The van der Waals surface area contributed by atoms with Gasteiger partial charge in [0.1, 0.15) is 5.82 Å². The molecule has 2 nitrogen and oxygen atoms in total. The lowest BCUT2D eigenvalue weighted by molar-refractivity contribution is 1.24. The molecule has 2 aromatic rings. The summed E-state index contributed by atoms with van der Waals surface area (Å²) in [7, 11) is 0. The first-order valence-electron chi connectivity index (χ1n) is 4.32. The SMILES string of the molecule is Nc1ccc(SCc2sccc2Br)cn1. The Labute approximate surface area is 105 Å². The summed E-state index contributed by atoms with van der Waals surface area (Å²) in [5.41, 5.74) is 5.52. The Morgan fingerprint density at radius 1 is 1.40 bits per heavy atom. The maximum absolute atomic E-state index is 5.52. The Morgan fingerprint density at radius 2 is 2.27 bits per heavy atom. The van der Waals surface area contributed by atoms with Crippen molar-refractivity contribution in [2.45, 2.75) is 10.6 Å². The molecular weight excluding hydrogens is 292 g/mol. The zero-order valence-electron chi connectivity index (χ0n) is 7.81. The van der Waals surface area contributed by atoms with Crippen LogP contribution in [-0.2, 0) is 5.75 Å². The Morgan fingerprint density at radius 3 is 2.87 bits per heavy atom. The Kier molecular flexibility index (Phi) is 3.66. The molecule has 2 rings (SSSR count). The van der Waals surface area contributed by atoms with Crippen LogP contribution in [0, 0.1) is 0 Å². The normalized spacial score (nSPS) is 10.5. The van der Waals surface area contributed by atoms with Gasteiger partial charge in [-0.1, -0.05) is 0 Å². The van der Waals surface area contributed by atoms with Gasteiger partial charge in [-0.25, -0.2) is 4.98 Å². The summed E-state index contributed by atoms with van der Waals surface area (Å²) in [5.74, 6) is 1.53. The number of rotatable bonds is 3. The number of hydrogen-bond donors (Lipinski definition) is 1. The van der Waals surface area contributed by atoms with E-state index in [0.717, 1.165) is 10.6 Å². The number of halogens is 1. The van der Waals surface area contributed by atoms with Gasteiger partial charge in [0.05, 0.1) is 0 Å². The maximum atomic E-state index is 5.52. The van der Waals surface area contributed by atoms with Crippen molar-refractivity contribution in [1.82, 2.24) is 4.98 Å². The van der Waals surface area contributed by atoms with Crippen LogP contribution in [-0.4, -0.2) is 4.98 Å². The van der Waals surface area contributed by atoms with Crippen LogP contribution in [0.15, 0.2) is 39.1 Å². The number of pyridine rings is 1. The highest BCUT2D eigenvalue weighted by atomic mass is 79.9. The van der Waals surface area contributed by atoms with Gasteiger partial charge in [0, 0.05) is 26.2 Å². The summed E-state index contributed by atoms with van der Waals surface area (Å²) < 4.78 is 1.18. The molecule has 0 bridgehead atoms. The van der Waals surface area contributed by atoms with Gasteiger partial charge in [-0.15, -0.1) is 23.1 Å². The van der Waals surface area contributed by atoms with Crippen molar-refractivity contribution in [2.24, 2.45) is 0 Å². The first-order chi connectivity index (χ1) is 7.25. The monoisotopic (exact) mass is 300 g/mol. The topological polar surface area (TPSA) is 38.9 Å². The molecule has 0 spiro atoms.